The van der Waals surface area contributed by atoms with Crippen LogP contribution in [0.1, 0.15) is 29.5 Å². The third-order valence-electron chi connectivity index (χ3n) is 4.47. The van der Waals surface area contributed by atoms with Crippen LogP contribution in [0.5, 0.6) is 0 Å². The number of aryl methyl sites for hydroxylation is 2. The first-order valence-corrected chi connectivity index (χ1v) is 7.68. The number of para-hydroxylation sites is 1. The Bertz CT molecular complexity index is 592. The number of rotatable bonds is 2. The van der Waals surface area contributed by atoms with Gasteiger partial charge in [0.2, 0.25) is 0 Å². The Kier molecular flexibility index (Phi) is 3.73. The summed E-state index contributed by atoms with van der Waals surface area (Å²) in [5.74, 6) is 0. The molecule has 2 nitrogen and oxygen atoms in total. The largest absolute Gasteiger partial charge is 0.385 e. The Morgan fingerprint density at radius 1 is 0.905 bits per heavy atom. The van der Waals surface area contributed by atoms with Crippen LogP contribution < -0.4 is 4.90 Å². The highest BCUT2D eigenvalue weighted by atomic mass is 16.3. The molecule has 0 unspecified atom stereocenters. The fourth-order valence-corrected chi connectivity index (χ4v) is 3.31. The minimum absolute atomic E-state index is 0.679. The predicted molar refractivity (Wildman–Crippen MR) is 87.7 cm³/mol. The monoisotopic (exact) mass is 281 g/mol. The second-order valence-corrected chi connectivity index (χ2v) is 6.23. The number of hydrogen-bond acceptors (Lipinski definition) is 2. The zero-order valence-corrected chi connectivity index (χ0v) is 12.8. The van der Waals surface area contributed by atoms with Gasteiger partial charge < -0.3 is 10.0 Å². The van der Waals surface area contributed by atoms with Gasteiger partial charge >= 0.3 is 0 Å². The fourth-order valence-electron chi connectivity index (χ4n) is 3.31. The maximum atomic E-state index is 11.0. The van der Waals surface area contributed by atoms with Crippen LogP contribution in [0, 0.1) is 13.8 Å². The first-order valence-electron chi connectivity index (χ1n) is 7.68. The van der Waals surface area contributed by atoms with Crippen LogP contribution in [0.4, 0.5) is 5.69 Å². The predicted octanol–water partition coefficient (Wildman–Crippen LogP) is 3.79. The lowest BCUT2D eigenvalue weighted by atomic mass is 9.83. The maximum Gasteiger partial charge on any atom is 0.0930 e. The van der Waals surface area contributed by atoms with E-state index in [9.17, 15) is 5.11 Å². The molecule has 0 aliphatic carbocycles. The summed E-state index contributed by atoms with van der Waals surface area (Å²) in [5, 5.41) is 11.0. The van der Waals surface area contributed by atoms with Gasteiger partial charge in [0.15, 0.2) is 0 Å². The number of anilines is 1. The average Bonchev–Trinajstić information content (AvgIpc) is 2.48. The molecule has 1 aliphatic rings. The standard InChI is InChI=1S/C19H23NO/c1-15-12-16(2)14-17(13-15)19(21)8-10-20(11-9-19)18-6-4-3-5-7-18/h3-7,12-14,21H,8-11H2,1-2H3. The maximum absolute atomic E-state index is 11.0. The normalized spacial score (nSPS) is 17.8. The Morgan fingerprint density at radius 3 is 2.05 bits per heavy atom. The molecule has 1 aliphatic heterocycles. The van der Waals surface area contributed by atoms with Gasteiger partial charge in [0.25, 0.3) is 0 Å². The van der Waals surface area contributed by atoms with E-state index in [0.717, 1.165) is 31.5 Å². The molecule has 2 aromatic carbocycles. The molecule has 0 radical (unpaired) electrons. The van der Waals surface area contributed by atoms with Crippen molar-refractivity contribution in [1.82, 2.24) is 0 Å². The molecule has 0 aromatic heterocycles. The molecule has 0 saturated carbocycles. The smallest absolute Gasteiger partial charge is 0.0930 e. The van der Waals surface area contributed by atoms with Crippen molar-refractivity contribution >= 4 is 5.69 Å². The fraction of sp³-hybridized carbons (Fsp3) is 0.368. The summed E-state index contributed by atoms with van der Waals surface area (Å²) < 4.78 is 0. The molecule has 0 amide bonds. The Labute approximate surface area is 127 Å². The van der Waals surface area contributed by atoms with Crippen molar-refractivity contribution in [3.63, 3.8) is 0 Å². The quantitative estimate of drug-likeness (QED) is 0.905. The second kappa shape index (κ2) is 5.53. The number of benzene rings is 2. The summed E-state index contributed by atoms with van der Waals surface area (Å²) in [6.07, 6.45) is 1.57. The first-order chi connectivity index (χ1) is 10.1. The van der Waals surface area contributed by atoms with Gasteiger partial charge in [-0.3, -0.25) is 0 Å². The summed E-state index contributed by atoms with van der Waals surface area (Å²) in [6.45, 7) is 5.99. The van der Waals surface area contributed by atoms with E-state index in [-0.39, 0.29) is 0 Å². The van der Waals surface area contributed by atoms with E-state index in [1.54, 1.807) is 0 Å². The average molecular weight is 281 g/mol. The zero-order valence-electron chi connectivity index (χ0n) is 12.8. The molecule has 0 atom stereocenters. The van der Waals surface area contributed by atoms with Crippen LogP contribution in [0.3, 0.4) is 0 Å². The van der Waals surface area contributed by atoms with Gasteiger partial charge in [-0.1, -0.05) is 47.5 Å². The highest BCUT2D eigenvalue weighted by Gasteiger charge is 2.34. The van der Waals surface area contributed by atoms with Gasteiger partial charge in [-0.2, -0.15) is 0 Å². The van der Waals surface area contributed by atoms with Crippen molar-refractivity contribution < 1.29 is 5.11 Å². The van der Waals surface area contributed by atoms with Crippen molar-refractivity contribution in [2.45, 2.75) is 32.3 Å². The molecule has 110 valence electrons. The molecule has 21 heavy (non-hydrogen) atoms. The van der Waals surface area contributed by atoms with Crippen molar-refractivity contribution in [2.24, 2.45) is 0 Å². The Hall–Kier alpha value is -1.80. The Morgan fingerprint density at radius 2 is 1.48 bits per heavy atom. The van der Waals surface area contributed by atoms with Gasteiger partial charge in [0, 0.05) is 18.8 Å². The van der Waals surface area contributed by atoms with Crippen LogP contribution in [0.2, 0.25) is 0 Å². The van der Waals surface area contributed by atoms with Gasteiger partial charge in [-0.15, -0.1) is 0 Å². The van der Waals surface area contributed by atoms with E-state index in [1.165, 1.54) is 16.8 Å². The number of hydrogen-bond donors (Lipinski definition) is 1. The third-order valence-corrected chi connectivity index (χ3v) is 4.47. The molecule has 0 spiro atoms. The number of piperidine rings is 1. The molecular formula is C19H23NO. The van der Waals surface area contributed by atoms with Crippen molar-refractivity contribution in [3.05, 3.63) is 65.2 Å². The number of nitrogens with zero attached hydrogens (tertiary/aromatic N) is 1. The Balaban J connectivity index is 1.77. The zero-order chi connectivity index (χ0) is 14.9. The van der Waals surface area contributed by atoms with E-state index < -0.39 is 5.60 Å². The lowest BCUT2D eigenvalue weighted by Crippen LogP contribution is -2.42. The molecule has 2 heteroatoms. The topological polar surface area (TPSA) is 23.5 Å². The second-order valence-electron chi connectivity index (χ2n) is 6.23. The SMILES string of the molecule is Cc1cc(C)cc(C2(O)CCN(c3ccccc3)CC2)c1. The van der Waals surface area contributed by atoms with E-state index in [0.29, 0.717) is 0 Å². The molecule has 1 fully saturated rings. The first kappa shape index (κ1) is 14.2. The van der Waals surface area contributed by atoms with Crippen LogP contribution in [-0.2, 0) is 5.60 Å². The minimum Gasteiger partial charge on any atom is -0.385 e. The van der Waals surface area contributed by atoms with Crippen molar-refractivity contribution in [2.75, 3.05) is 18.0 Å². The summed E-state index contributed by atoms with van der Waals surface area (Å²) in [4.78, 5) is 2.36. The lowest BCUT2D eigenvalue weighted by molar-refractivity contribution is 0.0117. The third kappa shape index (κ3) is 2.96. The highest BCUT2D eigenvalue weighted by molar-refractivity contribution is 5.47. The minimum atomic E-state index is -0.679. The van der Waals surface area contributed by atoms with E-state index >= 15 is 0 Å². The highest BCUT2D eigenvalue weighted by Crippen LogP contribution is 2.35. The molecule has 1 N–H and O–H groups in total. The summed E-state index contributed by atoms with van der Waals surface area (Å²) in [6, 6.07) is 16.9. The van der Waals surface area contributed by atoms with Gasteiger partial charge in [0.1, 0.15) is 0 Å². The van der Waals surface area contributed by atoms with Crippen molar-refractivity contribution in [1.29, 1.82) is 0 Å². The lowest BCUT2D eigenvalue weighted by Gasteiger charge is -2.40. The molecular weight excluding hydrogens is 258 g/mol. The van der Waals surface area contributed by atoms with Gasteiger partial charge in [0.05, 0.1) is 5.60 Å². The molecule has 1 heterocycles. The summed E-state index contributed by atoms with van der Waals surface area (Å²) in [5.41, 5.74) is 4.10. The van der Waals surface area contributed by atoms with E-state index in [1.807, 2.05) is 6.07 Å². The molecule has 2 aromatic rings. The molecule has 1 saturated heterocycles. The van der Waals surface area contributed by atoms with Crippen LogP contribution in [0.15, 0.2) is 48.5 Å². The molecule has 0 bridgehead atoms. The van der Waals surface area contributed by atoms with Crippen LogP contribution in [-0.4, -0.2) is 18.2 Å². The van der Waals surface area contributed by atoms with Crippen LogP contribution >= 0.6 is 0 Å². The van der Waals surface area contributed by atoms with Gasteiger partial charge in [-0.25, -0.2) is 0 Å². The summed E-state index contributed by atoms with van der Waals surface area (Å²) in [7, 11) is 0. The van der Waals surface area contributed by atoms with Crippen molar-refractivity contribution in [3.8, 4) is 0 Å². The van der Waals surface area contributed by atoms with Crippen LogP contribution in [0.25, 0.3) is 0 Å². The summed E-state index contributed by atoms with van der Waals surface area (Å²) >= 11 is 0. The number of aliphatic hydroxyl groups is 1. The van der Waals surface area contributed by atoms with E-state index in [2.05, 4.69) is 61.2 Å². The molecule has 3 rings (SSSR count). The van der Waals surface area contributed by atoms with Gasteiger partial charge in [-0.05, 0) is 44.4 Å². The van der Waals surface area contributed by atoms with E-state index in [4.69, 9.17) is 0 Å².